The smallest absolute Gasteiger partial charge is 0.303 e. The lowest BCUT2D eigenvalue weighted by Gasteiger charge is -2.10. The highest BCUT2D eigenvalue weighted by molar-refractivity contribution is 5.81. The number of carboxylic acids is 1. The summed E-state index contributed by atoms with van der Waals surface area (Å²) in [5.74, 6) is -0.626. The first-order valence-electron chi connectivity index (χ1n) is 6.43. The van der Waals surface area contributed by atoms with Crippen molar-refractivity contribution in [3.05, 3.63) is 0 Å². The van der Waals surface area contributed by atoms with E-state index in [9.17, 15) is 9.59 Å². The summed E-state index contributed by atoms with van der Waals surface area (Å²) in [6.45, 7) is 1.64. The van der Waals surface area contributed by atoms with Crippen LogP contribution in [0.1, 0.15) is 44.9 Å². The standard InChI is InChI=1S/C12H22N2O3/c15-11(16)7-3-1-2-4-8-14-12(17)10-6-5-9-13-10/h10,13H,1-9H2,(H,14,17)(H,15,16)/t10-/m0/s1. The van der Waals surface area contributed by atoms with Gasteiger partial charge in [0.1, 0.15) is 0 Å². The third kappa shape index (κ3) is 6.26. The van der Waals surface area contributed by atoms with Crippen molar-refractivity contribution in [1.29, 1.82) is 0 Å². The fraction of sp³-hybridized carbons (Fsp3) is 0.833. The zero-order chi connectivity index (χ0) is 12.5. The van der Waals surface area contributed by atoms with E-state index in [-0.39, 0.29) is 18.4 Å². The topological polar surface area (TPSA) is 78.4 Å². The van der Waals surface area contributed by atoms with Crippen molar-refractivity contribution >= 4 is 11.9 Å². The Kier molecular flexibility index (Phi) is 6.62. The Morgan fingerprint density at radius 2 is 2.00 bits per heavy atom. The average molecular weight is 242 g/mol. The molecule has 1 rings (SSSR count). The van der Waals surface area contributed by atoms with E-state index in [1.54, 1.807) is 0 Å². The van der Waals surface area contributed by atoms with E-state index < -0.39 is 5.97 Å². The van der Waals surface area contributed by atoms with Crippen LogP contribution < -0.4 is 10.6 Å². The zero-order valence-corrected chi connectivity index (χ0v) is 10.2. The average Bonchev–Trinajstić information content (AvgIpc) is 2.80. The van der Waals surface area contributed by atoms with E-state index in [4.69, 9.17) is 5.11 Å². The molecule has 1 fully saturated rings. The number of rotatable bonds is 8. The molecule has 0 bridgehead atoms. The highest BCUT2D eigenvalue weighted by Crippen LogP contribution is 2.05. The number of amides is 1. The number of nitrogens with one attached hydrogen (secondary N) is 2. The predicted molar refractivity (Wildman–Crippen MR) is 64.8 cm³/mol. The minimum Gasteiger partial charge on any atom is -0.481 e. The lowest BCUT2D eigenvalue weighted by molar-refractivity contribution is -0.137. The van der Waals surface area contributed by atoms with Crippen LogP contribution in [0.2, 0.25) is 0 Å². The Labute approximate surface area is 102 Å². The molecule has 0 aromatic heterocycles. The maximum Gasteiger partial charge on any atom is 0.303 e. The molecule has 1 atom stereocenters. The van der Waals surface area contributed by atoms with Gasteiger partial charge in [0.25, 0.3) is 0 Å². The van der Waals surface area contributed by atoms with Crippen LogP contribution in [0.5, 0.6) is 0 Å². The SMILES string of the molecule is O=C(O)CCCCCCNC(=O)[C@@H]1CCCN1. The fourth-order valence-electron chi connectivity index (χ4n) is 2.00. The normalized spacial score (nSPS) is 19.2. The van der Waals surface area contributed by atoms with Gasteiger partial charge >= 0.3 is 5.97 Å². The van der Waals surface area contributed by atoms with Crippen LogP contribution in [-0.4, -0.2) is 36.1 Å². The number of carboxylic acid groups (broad SMARTS) is 1. The molecule has 0 spiro atoms. The summed E-state index contributed by atoms with van der Waals surface area (Å²) in [5.41, 5.74) is 0. The van der Waals surface area contributed by atoms with Gasteiger partial charge in [0.05, 0.1) is 6.04 Å². The second-order valence-corrected chi connectivity index (χ2v) is 4.50. The van der Waals surface area contributed by atoms with Crippen LogP contribution in [0.4, 0.5) is 0 Å². The van der Waals surface area contributed by atoms with Gasteiger partial charge in [0.2, 0.25) is 5.91 Å². The molecular formula is C12H22N2O3. The van der Waals surface area contributed by atoms with Crippen molar-refractivity contribution in [2.24, 2.45) is 0 Å². The number of hydrogen-bond donors (Lipinski definition) is 3. The quantitative estimate of drug-likeness (QED) is 0.552. The Bertz CT molecular complexity index is 250. The highest BCUT2D eigenvalue weighted by Gasteiger charge is 2.20. The summed E-state index contributed by atoms with van der Waals surface area (Å²) in [4.78, 5) is 21.8. The minimum atomic E-state index is -0.731. The molecule has 0 saturated carbocycles. The molecule has 0 unspecified atom stereocenters. The molecule has 0 aromatic carbocycles. The summed E-state index contributed by atoms with van der Waals surface area (Å²) in [5, 5.41) is 14.5. The van der Waals surface area contributed by atoms with Gasteiger partial charge in [-0.25, -0.2) is 0 Å². The summed E-state index contributed by atoms with van der Waals surface area (Å²) in [6, 6.07) is 0.00186. The molecule has 98 valence electrons. The second kappa shape index (κ2) is 8.06. The van der Waals surface area contributed by atoms with Crippen molar-refractivity contribution < 1.29 is 14.7 Å². The van der Waals surface area contributed by atoms with Crippen LogP contribution in [0.25, 0.3) is 0 Å². The van der Waals surface area contributed by atoms with E-state index >= 15 is 0 Å². The number of carbonyl (C=O) groups is 2. The Balaban J connectivity index is 1.89. The first-order chi connectivity index (χ1) is 8.20. The van der Waals surface area contributed by atoms with E-state index in [0.717, 1.165) is 45.1 Å². The van der Waals surface area contributed by atoms with Crippen LogP contribution in [-0.2, 0) is 9.59 Å². The Morgan fingerprint density at radius 3 is 2.65 bits per heavy atom. The van der Waals surface area contributed by atoms with Gasteiger partial charge in [-0.05, 0) is 32.2 Å². The van der Waals surface area contributed by atoms with Gasteiger partial charge in [-0.15, -0.1) is 0 Å². The van der Waals surface area contributed by atoms with E-state index in [1.165, 1.54) is 0 Å². The first-order valence-corrected chi connectivity index (χ1v) is 6.43. The molecule has 5 heteroatoms. The third-order valence-corrected chi connectivity index (χ3v) is 2.99. The predicted octanol–water partition coefficient (Wildman–Crippen LogP) is 0.890. The molecule has 1 amide bonds. The van der Waals surface area contributed by atoms with Crippen molar-refractivity contribution in [3.8, 4) is 0 Å². The summed E-state index contributed by atoms with van der Waals surface area (Å²) >= 11 is 0. The highest BCUT2D eigenvalue weighted by atomic mass is 16.4. The largest absolute Gasteiger partial charge is 0.481 e. The van der Waals surface area contributed by atoms with Crippen LogP contribution in [0, 0.1) is 0 Å². The van der Waals surface area contributed by atoms with Crippen LogP contribution >= 0.6 is 0 Å². The molecule has 0 aliphatic carbocycles. The number of hydrogen-bond acceptors (Lipinski definition) is 3. The maximum absolute atomic E-state index is 11.6. The van der Waals surface area contributed by atoms with E-state index in [0.29, 0.717) is 6.54 Å². The molecule has 3 N–H and O–H groups in total. The number of unbranched alkanes of at least 4 members (excludes halogenated alkanes) is 3. The molecule has 0 radical (unpaired) electrons. The molecule has 1 saturated heterocycles. The summed E-state index contributed by atoms with van der Waals surface area (Å²) < 4.78 is 0. The molecule has 1 aliphatic heterocycles. The van der Waals surface area contributed by atoms with Crippen molar-refractivity contribution in [3.63, 3.8) is 0 Å². The van der Waals surface area contributed by atoms with Crippen molar-refractivity contribution in [1.82, 2.24) is 10.6 Å². The lowest BCUT2D eigenvalue weighted by atomic mass is 10.1. The molecule has 0 aromatic rings. The van der Waals surface area contributed by atoms with Gasteiger partial charge in [0.15, 0.2) is 0 Å². The van der Waals surface area contributed by atoms with Crippen molar-refractivity contribution in [2.45, 2.75) is 51.0 Å². The van der Waals surface area contributed by atoms with Gasteiger partial charge < -0.3 is 15.7 Å². The monoisotopic (exact) mass is 242 g/mol. The maximum atomic E-state index is 11.6. The molecule has 1 heterocycles. The number of aliphatic carboxylic acids is 1. The summed E-state index contributed by atoms with van der Waals surface area (Å²) in [6.07, 6.45) is 5.82. The molecule has 5 nitrogen and oxygen atoms in total. The number of carbonyl (C=O) groups excluding carboxylic acids is 1. The van der Waals surface area contributed by atoms with Crippen LogP contribution in [0.15, 0.2) is 0 Å². The minimum absolute atomic E-state index is 0.00186. The Hall–Kier alpha value is -1.10. The fourth-order valence-corrected chi connectivity index (χ4v) is 2.00. The Morgan fingerprint density at radius 1 is 1.24 bits per heavy atom. The zero-order valence-electron chi connectivity index (χ0n) is 10.2. The molecule has 17 heavy (non-hydrogen) atoms. The van der Waals surface area contributed by atoms with Crippen molar-refractivity contribution in [2.75, 3.05) is 13.1 Å². The van der Waals surface area contributed by atoms with E-state index in [1.807, 2.05) is 0 Å². The molecular weight excluding hydrogens is 220 g/mol. The van der Waals surface area contributed by atoms with Gasteiger partial charge in [0, 0.05) is 13.0 Å². The van der Waals surface area contributed by atoms with E-state index in [2.05, 4.69) is 10.6 Å². The second-order valence-electron chi connectivity index (χ2n) is 4.50. The van der Waals surface area contributed by atoms with Gasteiger partial charge in [-0.1, -0.05) is 12.8 Å². The summed E-state index contributed by atoms with van der Waals surface area (Å²) in [7, 11) is 0. The lowest BCUT2D eigenvalue weighted by Crippen LogP contribution is -2.40. The van der Waals surface area contributed by atoms with Gasteiger partial charge in [-0.3, -0.25) is 9.59 Å². The van der Waals surface area contributed by atoms with Gasteiger partial charge in [-0.2, -0.15) is 0 Å². The third-order valence-electron chi connectivity index (χ3n) is 2.99. The molecule has 1 aliphatic rings. The van der Waals surface area contributed by atoms with Crippen LogP contribution in [0.3, 0.4) is 0 Å². The first kappa shape index (κ1) is 14.0.